The molecule has 0 aliphatic heterocycles. The number of rotatable bonds is 7. The molecule has 0 spiro atoms. The van der Waals surface area contributed by atoms with E-state index in [9.17, 15) is 34.8 Å². The van der Waals surface area contributed by atoms with Crippen LogP contribution in [0, 0.1) is 12.8 Å². The minimum absolute atomic E-state index is 0.238. The summed E-state index contributed by atoms with van der Waals surface area (Å²) < 4.78 is 86.6. The zero-order valence-electron chi connectivity index (χ0n) is 18.9. The van der Waals surface area contributed by atoms with Crippen LogP contribution in [-0.2, 0) is 30.1 Å². The lowest BCUT2D eigenvalue weighted by molar-refractivity contribution is -0.123. The van der Waals surface area contributed by atoms with Crippen molar-refractivity contribution in [2.45, 2.75) is 49.1 Å². The molecule has 2 N–H and O–H groups in total. The molecule has 1 aliphatic carbocycles. The summed E-state index contributed by atoms with van der Waals surface area (Å²) in [6, 6.07) is 9.16. The van der Waals surface area contributed by atoms with Crippen molar-refractivity contribution in [2.75, 3.05) is 11.0 Å². The smallest absolute Gasteiger partial charge is 0.349 e. The molecule has 0 saturated heterocycles. The molecule has 186 valence electrons. The number of nitrogens with one attached hydrogen (secondary N) is 2. The van der Waals surface area contributed by atoms with Crippen molar-refractivity contribution in [3.05, 3.63) is 59.2 Å². The van der Waals surface area contributed by atoms with Gasteiger partial charge < -0.3 is 5.32 Å². The fraction of sp³-hybridized carbons (Fsp3) is 0.409. The third-order valence-corrected chi connectivity index (χ3v) is 8.18. The SMILES string of the molecule is Cc1cc([C@@H](C)NC(=O)C2CC2(C)c2ccc(S(=O)(=O)C(F)(F)F)cc2)ccc1NS(C)(=O)=O. The molecule has 34 heavy (non-hydrogen) atoms. The van der Waals surface area contributed by atoms with Gasteiger partial charge in [-0.25, -0.2) is 16.8 Å². The number of carbonyl (C=O) groups excluding carboxylic acids is 1. The van der Waals surface area contributed by atoms with Gasteiger partial charge in [0.05, 0.1) is 22.9 Å². The first-order chi connectivity index (χ1) is 15.5. The summed E-state index contributed by atoms with van der Waals surface area (Å²) in [7, 11) is -8.85. The molecule has 1 saturated carbocycles. The first kappa shape index (κ1) is 26.0. The van der Waals surface area contributed by atoms with Crippen molar-refractivity contribution in [1.82, 2.24) is 5.32 Å². The van der Waals surface area contributed by atoms with Gasteiger partial charge in [-0.05, 0) is 55.2 Å². The van der Waals surface area contributed by atoms with Crippen LogP contribution in [0.5, 0.6) is 0 Å². The number of sulfone groups is 1. The van der Waals surface area contributed by atoms with Crippen molar-refractivity contribution < 1.29 is 34.8 Å². The minimum Gasteiger partial charge on any atom is -0.349 e. The fourth-order valence-corrected chi connectivity index (χ4v) is 5.27. The highest BCUT2D eigenvalue weighted by atomic mass is 32.2. The van der Waals surface area contributed by atoms with Gasteiger partial charge >= 0.3 is 5.51 Å². The Balaban J connectivity index is 1.69. The van der Waals surface area contributed by atoms with Crippen molar-refractivity contribution in [3.8, 4) is 0 Å². The third-order valence-electron chi connectivity index (χ3n) is 6.09. The zero-order valence-corrected chi connectivity index (χ0v) is 20.5. The van der Waals surface area contributed by atoms with E-state index in [2.05, 4.69) is 10.0 Å². The van der Waals surface area contributed by atoms with E-state index in [0.29, 0.717) is 23.2 Å². The van der Waals surface area contributed by atoms with Gasteiger partial charge in [-0.2, -0.15) is 13.2 Å². The Morgan fingerprint density at radius 1 is 1.09 bits per heavy atom. The van der Waals surface area contributed by atoms with E-state index in [4.69, 9.17) is 0 Å². The minimum atomic E-state index is -5.43. The van der Waals surface area contributed by atoms with Crippen molar-refractivity contribution in [1.29, 1.82) is 0 Å². The van der Waals surface area contributed by atoms with E-state index in [1.165, 1.54) is 12.1 Å². The number of benzene rings is 2. The Morgan fingerprint density at radius 2 is 1.68 bits per heavy atom. The molecule has 0 bridgehead atoms. The number of sulfonamides is 1. The van der Waals surface area contributed by atoms with E-state index in [-0.39, 0.29) is 11.9 Å². The predicted octanol–water partition coefficient (Wildman–Crippen LogP) is 3.82. The van der Waals surface area contributed by atoms with Crippen molar-refractivity contribution in [3.63, 3.8) is 0 Å². The van der Waals surface area contributed by atoms with Gasteiger partial charge in [0, 0.05) is 11.3 Å². The number of alkyl halides is 3. The lowest BCUT2D eigenvalue weighted by Crippen LogP contribution is -2.30. The zero-order chi connectivity index (χ0) is 25.7. The molecule has 1 fully saturated rings. The summed E-state index contributed by atoms with van der Waals surface area (Å²) in [5.74, 6) is -0.662. The van der Waals surface area contributed by atoms with Crippen LogP contribution in [0.4, 0.5) is 18.9 Å². The summed E-state index contributed by atoms with van der Waals surface area (Å²) in [5, 5.41) is 2.91. The summed E-state index contributed by atoms with van der Waals surface area (Å²) in [6.07, 6.45) is 1.52. The maximum Gasteiger partial charge on any atom is 0.501 e. The van der Waals surface area contributed by atoms with Crippen LogP contribution in [0.3, 0.4) is 0 Å². The van der Waals surface area contributed by atoms with Crippen LogP contribution in [-0.4, -0.2) is 34.5 Å². The molecule has 1 aliphatic rings. The molecule has 3 rings (SSSR count). The molecule has 3 atom stereocenters. The van der Waals surface area contributed by atoms with E-state index >= 15 is 0 Å². The number of amides is 1. The van der Waals surface area contributed by atoms with E-state index < -0.39 is 41.6 Å². The molecule has 0 aromatic heterocycles. The Morgan fingerprint density at radius 3 is 2.18 bits per heavy atom. The highest BCUT2D eigenvalue weighted by molar-refractivity contribution is 7.92. The second kappa shape index (κ2) is 8.56. The molecule has 0 radical (unpaired) electrons. The van der Waals surface area contributed by atoms with E-state index in [1.807, 2.05) is 0 Å². The third kappa shape index (κ3) is 5.22. The van der Waals surface area contributed by atoms with Crippen LogP contribution < -0.4 is 10.0 Å². The number of halogens is 3. The number of hydrogen-bond acceptors (Lipinski definition) is 5. The quantitative estimate of drug-likeness (QED) is 0.579. The normalized spacial score (nSPS) is 21.6. The average Bonchev–Trinajstić information content (AvgIpc) is 3.41. The van der Waals surface area contributed by atoms with Gasteiger partial charge in [0.1, 0.15) is 0 Å². The summed E-state index contributed by atoms with van der Waals surface area (Å²) in [6.45, 7) is 5.32. The number of aryl methyl sites for hydroxylation is 1. The first-order valence-corrected chi connectivity index (χ1v) is 13.6. The molecule has 2 aromatic rings. The average molecular weight is 519 g/mol. The van der Waals surface area contributed by atoms with Crippen LogP contribution >= 0.6 is 0 Å². The monoisotopic (exact) mass is 518 g/mol. The highest BCUT2D eigenvalue weighted by Gasteiger charge is 2.56. The predicted molar refractivity (Wildman–Crippen MR) is 121 cm³/mol. The highest BCUT2D eigenvalue weighted by Crippen LogP contribution is 2.54. The van der Waals surface area contributed by atoms with Gasteiger partial charge in [0.25, 0.3) is 9.84 Å². The molecule has 0 heterocycles. The molecule has 7 nitrogen and oxygen atoms in total. The molecule has 12 heteroatoms. The summed E-state index contributed by atoms with van der Waals surface area (Å²) in [5.41, 5.74) is -3.52. The summed E-state index contributed by atoms with van der Waals surface area (Å²) >= 11 is 0. The Labute approximate surface area is 196 Å². The summed E-state index contributed by atoms with van der Waals surface area (Å²) in [4.78, 5) is 12.0. The molecule has 2 unspecified atom stereocenters. The molecular formula is C22H25F3N2O5S2. The standard InChI is InChI=1S/C22H25F3N2O5S2/c1-13-11-15(5-10-19(13)27-33(4,29)30)14(2)26-20(28)18-12-21(18,3)16-6-8-17(9-7-16)34(31,32)22(23,24)25/h5-11,14,18,27H,12H2,1-4H3,(H,26,28)/t14-,18?,21?/m1/s1. The van der Waals surface area contributed by atoms with Crippen molar-refractivity contribution in [2.24, 2.45) is 5.92 Å². The molecule has 1 amide bonds. The van der Waals surface area contributed by atoms with Crippen LogP contribution in [0.25, 0.3) is 0 Å². The lowest BCUT2D eigenvalue weighted by Gasteiger charge is -2.18. The van der Waals surface area contributed by atoms with Crippen LogP contribution in [0.2, 0.25) is 0 Å². The number of hydrogen-bond donors (Lipinski definition) is 2. The van der Waals surface area contributed by atoms with Gasteiger partial charge in [-0.15, -0.1) is 0 Å². The van der Waals surface area contributed by atoms with Gasteiger partial charge in [-0.1, -0.05) is 31.2 Å². The number of carbonyl (C=O) groups is 1. The molecule has 2 aromatic carbocycles. The largest absolute Gasteiger partial charge is 0.501 e. The first-order valence-electron chi connectivity index (χ1n) is 10.3. The maximum atomic E-state index is 12.8. The van der Waals surface area contributed by atoms with Crippen molar-refractivity contribution >= 4 is 31.5 Å². The Hall–Kier alpha value is -2.60. The van der Waals surface area contributed by atoms with Gasteiger partial charge in [0.2, 0.25) is 15.9 Å². The topological polar surface area (TPSA) is 109 Å². The van der Waals surface area contributed by atoms with Crippen LogP contribution in [0.15, 0.2) is 47.4 Å². The van der Waals surface area contributed by atoms with Gasteiger partial charge in [-0.3, -0.25) is 9.52 Å². The van der Waals surface area contributed by atoms with Gasteiger partial charge in [0.15, 0.2) is 0 Å². The second-order valence-electron chi connectivity index (χ2n) is 8.83. The maximum absolute atomic E-state index is 12.8. The Kier molecular flexibility index (Phi) is 6.55. The Bertz CT molecular complexity index is 1320. The molecular weight excluding hydrogens is 493 g/mol. The van der Waals surface area contributed by atoms with E-state index in [0.717, 1.165) is 24.0 Å². The number of anilines is 1. The second-order valence-corrected chi connectivity index (χ2v) is 12.5. The van der Waals surface area contributed by atoms with Crippen LogP contribution in [0.1, 0.15) is 43.0 Å². The van der Waals surface area contributed by atoms with E-state index in [1.54, 1.807) is 39.0 Å². The lowest BCUT2D eigenvalue weighted by atomic mass is 9.95. The fourth-order valence-electron chi connectivity index (χ4n) is 3.88.